The second-order valence-electron chi connectivity index (χ2n) is 10.8. The van der Waals surface area contributed by atoms with E-state index in [2.05, 4.69) is 12.2 Å². The predicted octanol–water partition coefficient (Wildman–Crippen LogP) is 6.55. The molecule has 0 unspecified atom stereocenters. The van der Waals surface area contributed by atoms with Gasteiger partial charge in [-0.1, -0.05) is 19.1 Å². The van der Waals surface area contributed by atoms with Crippen molar-refractivity contribution >= 4 is 23.6 Å². The highest BCUT2D eigenvalue weighted by molar-refractivity contribution is 6.03. The Hall–Kier alpha value is -3.76. The molecule has 2 aliphatic rings. The fourth-order valence-electron chi connectivity index (χ4n) is 5.67. The Labute approximate surface area is 237 Å². The van der Waals surface area contributed by atoms with E-state index in [1.807, 2.05) is 6.92 Å². The first-order chi connectivity index (χ1) is 19.5. The molecular weight excluding hydrogens is 539 g/mol. The molecule has 11 heteroatoms. The average Bonchev–Trinajstić information content (AvgIpc) is 2.94. The number of alkyl halides is 3. The average molecular weight is 576 g/mol. The third-order valence-electron chi connectivity index (χ3n) is 7.93. The standard InChI is InChI=1S/C30H36F3N3O5/c1-3-34-29(40)35-16-14-21(15-17-35)36(27(37)20-10-8-19(2)9-11-20)25-13-12-22(18-23(25)28(38)39)41-26-7-5-4-6-24(26)30(31,32)33/h4-7,12-13,18-21H,3,8-11,14-17H2,1-2H3,(H,34,40)(H,38,39)/t19-,20-. The van der Waals surface area contributed by atoms with Gasteiger partial charge in [-0.05, 0) is 81.7 Å². The minimum atomic E-state index is -4.66. The first-order valence-electron chi connectivity index (χ1n) is 14.1. The predicted molar refractivity (Wildman–Crippen MR) is 147 cm³/mol. The number of hydrogen-bond donors (Lipinski definition) is 2. The van der Waals surface area contributed by atoms with Crippen molar-refractivity contribution in [2.45, 2.75) is 64.6 Å². The molecule has 3 amide bonds. The summed E-state index contributed by atoms with van der Waals surface area (Å²) in [7, 11) is 0. The van der Waals surface area contributed by atoms with Gasteiger partial charge in [0, 0.05) is 31.6 Å². The van der Waals surface area contributed by atoms with Gasteiger partial charge in [-0.3, -0.25) is 4.79 Å². The van der Waals surface area contributed by atoms with Crippen molar-refractivity contribution in [3.05, 3.63) is 53.6 Å². The fourth-order valence-corrected chi connectivity index (χ4v) is 5.67. The van der Waals surface area contributed by atoms with E-state index in [0.717, 1.165) is 25.0 Å². The number of likely N-dealkylation sites (tertiary alicyclic amines) is 1. The maximum absolute atomic E-state index is 14.0. The molecule has 2 aromatic carbocycles. The highest BCUT2D eigenvalue weighted by Gasteiger charge is 2.38. The highest BCUT2D eigenvalue weighted by atomic mass is 19.4. The van der Waals surface area contributed by atoms with Gasteiger partial charge in [0.2, 0.25) is 5.91 Å². The van der Waals surface area contributed by atoms with Crippen molar-refractivity contribution in [2.24, 2.45) is 11.8 Å². The van der Waals surface area contributed by atoms with Crippen LogP contribution >= 0.6 is 0 Å². The summed E-state index contributed by atoms with van der Waals surface area (Å²) >= 11 is 0. The summed E-state index contributed by atoms with van der Waals surface area (Å²) < 4.78 is 46.0. The van der Waals surface area contributed by atoms with Crippen LogP contribution in [0.3, 0.4) is 0 Å². The first kappa shape index (κ1) is 30.2. The number of carbonyl (C=O) groups excluding carboxylic acids is 2. The molecule has 1 aliphatic heterocycles. The lowest BCUT2D eigenvalue weighted by atomic mass is 9.81. The Morgan fingerprint density at radius 2 is 1.68 bits per heavy atom. The fraction of sp³-hybridized carbons (Fsp3) is 0.500. The molecule has 4 rings (SSSR count). The number of halogens is 3. The number of piperidine rings is 1. The van der Waals surface area contributed by atoms with Crippen LogP contribution < -0.4 is 15.0 Å². The van der Waals surface area contributed by atoms with Gasteiger partial charge in [-0.15, -0.1) is 0 Å². The number of nitrogens with one attached hydrogen (secondary N) is 1. The number of para-hydroxylation sites is 1. The van der Waals surface area contributed by atoms with Crippen molar-refractivity contribution in [3.63, 3.8) is 0 Å². The van der Waals surface area contributed by atoms with Crippen LogP contribution in [0.2, 0.25) is 0 Å². The van der Waals surface area contributed by atoms with Crippen LogP contribution in [-0.4, -0.2) is 53.6 Å². The molecule has 0 atom stereocenters. The number of rotatable bonds is 7. The maximum atomic E-state index is 14.0. The lowest BCUT2D eigenvalue weighted by molar-refractivity contribution is -0.138. The molecule has 222 valence electrons. The topological polar surface area (TPSA) is 99.2 Å². The van der Waals surface area contributed by atoms with E-state index in [9.17, 15) is 32.7 Å². The van der Waals surface area contributed by atoms with Crippen LogP contribution in [0.1, 0.15) is 68.3 Å². The van der Waals surface area contributed by atoms with Gasteiger partial charge in [0.25, 0.3) is 0 Å². The molecule has 1 heterocycles. The normalized spacial score (nSPS) is 19.9. The maximum Gasteiger partial charge on any atom is 0.419 e. The third-order valence-corrected chi connectivity index (χ3v) is 7.93. The largest absolute Gasteiger partial charge is 0.478 e. The number of nitrogens with zero attached hydrogens (tertiary/aromatic N) is 2. The van der Waals surface area contributed by atoms with Crippen molar-refractivity contribution in [3.8, 4) is 11.5 Å². The second kappa shape index (κ2) is 12.8. The molecule has 1 saturated heterocycles. The monoisotopic (exact) mass is 575 g/mol. The minimum Gasteiger partial charge on any atom is -0.478 e. The summed E-state index contributed by atoms with van der Waals surface area (Å²) in [5.74, 6) is -1.78. The van der Waals surface area contributed by atoms with E-state index in [1.165, 1.54) is 30.3 Å². The van der Waals surface area contributed by atoms with Gasteiger partial charge >= 0.3 is 18.2 Å². The molecule has 2 fully saturated rings. The van der Waals surface area contributed by atoms with E-state index in [0.29, 0.717) is 51.2 Å². The highest BCUT2D eigenvalue weighted by Crippen LogP contribution is 2.40. The lowest BCUT2D eigenvalue weighted by Gasteiger charge is -2.41. The van der Waals surface area contributed by atoms with Gasteiger partial charge in [0.15, 0.2) is 0 Å². The number of aromatic carboxylic acids is 1. The molecule has 2 aromatic rings. The number of anilines is 1. The zero-order valence-electron chi connectivity index (χ0n) is 23.2. The Kier molecular flexibility index (Phi) is 9.45. The summed E-state index contributed by atoms with van der Waals surface area (Å²) in [5, 5.41) is 12.9. The van der Waals surface area contributed by atoms with E-state index in [-0.39, 0.29) is 40.9 Å². The van der Waals surface area contributed by atoms with Crippen LogP contribution in [0.15, 0.2) is 42.5 Å². The quantitative estimate of drug-likeness (QED) is 0.390. The summed E-state index contributed by atoms with van der Waals surface area (Å²) in [6.45, 7) is 5.28. The Morgan fingerprint density at radius 1 is 1.02 bits per heavy atom. The number of ether oxygens (including phenoxy) is 1. The lowest BCUT2D eigenvalue weighted by Crippen LogP contribution is -2.52. The van der Waals surface area contributed by atoms with Crippen LogP contribution in [0.25, 0.3) is 0 Å². The Bertz CT molecular complexity index is 1250. The van der Waals surface area contributed by atoms with Crippen molar-refractivity contribution in [2.75, 3.05) is 24.5 Å². The summed E-state index contributed by atoms with van der Waals surface area (Å²) in [4.78, 5) is 42.1. The number of hydrogen-bond acceptors (Lipinski definition) is 4. The number of carbonyl (C=O) groups is 3. The summed E-state index contributed by atoms with van der Waals surface area (Å²) in [6, 6.07) is 8.17. The molecule has 1 saturated carbocycles. The molecule has 0 spiro atoms. The van der Waals surface area contributed by atoms with Crippen LogP contribution in [0.4, 0.5) is 23.7 Å². The van der Waals surface area contributed by atoms with Gasteiger partial charge in [-0.25, -0.2) is 9.59 Å². The number of carboxylic acids is 1. The first-order valence-corrected chi connectivity index (χ1v) is 14.1. The van der Waals surface area contributed by atoms with Gasteiger partial charge in [0.05, 0.1) is 16.8 Å². The molecule has 8 nitrogen and oxygen atoms in total. The van der Waals surface area contributed by atoms with Gasteiger partial charge in [0.1, 0.15) is 11.5 Å². The number of carboxylic acid groups (broad SMARTS) is 1. The van der Waals surface area contributed by atoms with E-state index in [4.69, 9.17) is 4.74 Å². The van der Waals surface area contributed by atoms with Gasteiger partial charge < -0.3 is 25.0 Å². The van der Waals surface area contributed by atoms with Crippen LogP contribution in [-0.2, 0) is 11.0 Å². The van der Waals surface area contributed by atoms with Gasteiger partial charge in [-0.2, -0.15) is 13.2 Å². The second-order valence-corrected chi connectivity index (χ2v) is 10.8. The van der Waals surface area contributed by atoms with Crippen molar-refractivity contribution < 1.29 is 37.4 Å². The van der Waals surface area contributed by atoms with Crippen molar-refractivity contribution in [1.82, 2.24) is 10.2 Å². The SMILES string of the molecule is CCNC(=O)N1CCC(N(c2ccc(Oc3ccccc3C(F)(F)F)cc2C(=O)O)C(=O)[C@H]2CC[C@H](C)CC2)CC1. The van der Waals surface area contributed by atoms with Crippen LogP contribution in [0.5, 0.6) is 11.5 Å². The number of amides is 3. The third kappa shape index (κ3) is 7.12. The molecule has 0 radical (unpaired) electrons. The molecular formula is C30H36F3N3O5. The Balaban J connectivity index is 1.67. The van der Waals surface area contributed by atoms with Crippen LogP contribution in [0, 0.1) is 11.8 Å². The molecule has 0 bridgehead atoms. The summed E-state index contributed by atoms with van der Waals surface area (Å²) in [5.41, 5.74) is -1.05. The zero-order valence-corrected chi connectivity index (χ0v) is 23.2. The number of urea groups is 1. The smallest absolute Gasteiger partial charge is 0.419 e. The molecule has 0 aromatic heterocycles. The molecule has 41 heavy (non-hydrogen) atoms. The Morgan fingerprint density at radius 3 is 2.29 bits per heavy atom. The van der Waals surface area contributed by atoms with E-state index in [1.54, 1.807) is 9.80 Å². The molecule has 2 N–H and O–H groups in total. The van der Waals surface area contributed by atoms with E-state index >= 15 is 0 Å². The molecule has 1 aliphatic carbocycles. The summed E-state index contributed by atoms with van der Waals surface area (Å²) in [6.07, 6.45) is -0.535. The number of benzene rings is 2. The van der Waals surface area contributed by atoms with E-state index < -0.39 is 23.5 Å². The van der Waals surface area contributed by atoms with Crippen molar-refractivity contribution in [1.29, 1.82) is 0 Å². The zero-order chi connectivity index (χ0) is 29.7. The minimum absolute atomic E-state index is 0.0900.